The van der Waals surface area contributed by atoms with E-state index in [-0.39, 0.29) is 5.91 Å². The average molecular weight is 383 g/mol. The number of thiophene rings is 1. The molecule has 26 heavy (non-hydrogen) atoms. The van der Waals surface area contributed by atoms with Crippen LogP contribution in [0.15, 0.2) is 60.1 Å². The molecule has 3 aromatic heterocycles. The van der Waals surface area contributed by atoms with E-state index >= 15 is 0 Å². The van der Waals surface area contributed by atoms with E-state index in [4.69, 9.17) is 11.6 Å². The first-order valence-electron chi connectivity index (χ1n) is 8.12. The van der Waals surface area contributed by atoms with Gasteiger partial charge in [0.25, 0.3) is 5.91 Å². The van der Waals surface area contributed by atoms with Gasteiger partial charge in [0.05, 0.1) is 16.1 Å². The average Bonchev–Trinajstić information content (AvgIpc) is 3.24. The zero-order valence-corrected chi connectivity index (χ0v) is 15.3. The van der Waals surface area contributed by atoms with Crippen LogP contribution >= 0.6 is 22.9 Å². The third kappa shape index (κ3) is 3.34. The number of imidazole rings is 1. The SMILES string of the molecule is O=C(Nc1nc2ccccc2n1CCc1ccccn1)c1sccc1Cl. The number of rotatable bonds is 5. The summed E-state index contributed by atoms with van der Waals surface area (Å²) < 4.78 is 2.00. The maximum absolute atomic E-state index is 12.5. The second-order valence-corrected chi connectivity index (χ2v) is 7.02. The molecular formula is C19H15ClN4OS. The fourth-order valence-electron chi connectivity index (χ4n) is 2.78. The highest BCUT2D eigenvalue weighted by Crippen LogP contribution is 2.25. The van der Waals surface area contributed by atoms with Crippen molar-refractivity contribution in [3.05, 3.63) is 75.7 Å². The van der Waals surface area contributed by atoms with Crippen LogP contribution in [0.5, 0.6) is 0 Å². The summed E-state index contributed by atoms with van der Waals surface area (Å²) in [6.07, 6.45) is 2.52. The number of anilines is 1. The third-order valence-electron chi connectivity index (χ3n) is 4.02. The number of aromatic nitrogens is 3. The first-order valence-corrected chi connectivity index (χ1v) is 9.37. The van der Waals surface area contributed by atoms with Gasteiger partial charge in [0.15, 0.2) is 0 Å². The molecule has 0 spiro atoms. The summed E-state index contributed by atoms with van der Waals surface area (Å²) in [6.45, 7) is 0.658. The van der Waals surface area contributed by atoms with Crippen molar-refractivity contribution in [2.24, 2.45) is 0 Å². The lowest BCUT2D eigenvalue weighted by molar-refractivity contribution is 0.102. The minimum Gasteiger partial charge on any atom is -0.310 e. The highest BCUT2D eigenvalue weighted by atomic mass is 35.5. The summed E-state index contributed by atoms with van der Waals surface area (Å²) in [7, 11) is 0. The molecule has 0 saturated heterocycles. The molecule has 7 heteroatoms. The summed E-state index contributed by atoms with van der Waals surface area (Å²) in [4.78, 5) is 22.0. The van der Waals surface area contributed by atoms with Crippen LogP contribution in [-0.2, 0) is 13.0 Å². The number of pyridine rings is 1. The van der Waals surface area contributed by atoms with Crippen LogP contribution in [0.25, 0.3) is 11.0 Å². The van der Waals surface area contributed by atoms with Crippen LogP contribution in [0.3, 0.4) is 0 Å². The number of amides is 1. The summed E-state index contributed by atoms with van der Waals surface area (Å²) >= 11 is 7.38. The molecule has 0 aliphatic heterocycles. The van der Waals surface area contributed by atoms with Crippen LogP contribution in [0.1, 0.15) is 15.4 Å². The number of para-hydroxylation sites is 2. The lowest BCUT2D eigenvalue weighted by Gasteiger charge is -2.09. The van der Waals surface area contributed by atoms with Crippen LogP contribution in [-0.4, -0.2) is 20.4 Å². The minimum absolute atomic E-state index is 0.251. The van der Waals surface area contributed by atoms with Gasteiger partial charge in [-0.05, 0) is 35.7 Å². The Morgan fingerprint density at radius 1 is 1.15 bits per heavy atom. The van der Waals surface area contributed by atoms with E-state index in [1.807, 2.05) is 47.0 Å². The Morgan fingerprint density at radius 2 is 2.00 bits per heavy atom. The zero-order chi connectivity index (χ0) is 17.9. The first kappa shape index (κ1) is 16.8. The smallest absolute Gasteiger partial charge is 0.269 e. The molecule has 0 unspecified atom stereocenters. The minimum atomic E-state index is -0.251. The summed E-state index contributed by atoms with van der Waals surface area (Å²) in [5.74, 6) is 0.260. The van der Waals surface area contributed by atoms with Gasteiger partial charge in [-0.3, -0.25) is 15.1 Å². The van der Waals surface area contributed by atoms with Crippen molar-refractivity contribution in [3.8, 4) is 0 Å². The fourth-order valence-corrected chi connectivity index (χ4v) is 3.82. The fraction of sp³-hybridized carbons (Fsp3) is 0.105. The van der Waals surface area contributed by atoms with Crippen LogP contribution in [0.4, 0.5) is 5.95 Å². The van der Waals surface area contributed by atoms with Crippen LogP contribution < -0.4 is 5.32 Å². The zero-order valence-electron chi connectivity index (χ0n) is 13.7. The molecule has 4 aromatic rings. The molecule has 1 aromatic carbocycles. The molecular weight excluding hydrogens is 368 g/mol. The van der Waals surface area contributed by atoms with E-state index in [0.717, 1.165) is 23.1 Å². The van der Waals surface area contributed by atoms with E-state index in [1.165, 1.54) is 11.3 Å². The molecule has 0 bridgehead atoms. The Bertz CT molecular complexity index is 1060. The quantitative estimate of drug-likeness (QED) is 0.547. The number of nitrogens with zero attached hydrogens (tertiary/aromatic N) is 3. The number of nitrogens with one attached hydrogen (secondary N) is 1. The molecule has 0 fully saturated rings. The van der Waals surface area contributed by atoms with Crippen LogP contribution in [0, 0.1) is 0 Å². The van der Waals surface area contributed by atoms with Crippen molar-refractivity contribution in [1.82, 2.24) is 14.5 Å². The number of carbonyl (C=O) groups is 1. The predicted octanol–water partition coefficient (Wildman–Crippen LogP) is 4.64. The van der Waals surface area contributed by atoms with Gasteiger partial charge < -0.3 is 4.57 Å². The highest BCUT2D eigenvalue weighted by Gasteiger charge is 2.17. The van der Waals surface area contributed by atoms with Crippen LogP contribution in [0.2, 0.25) is 5.02 Å². The largest absolute Gasteiger partial charge is 0.310 e. The van der Waals surface area contributed by atoms with Gasteiger partial charge in [0.2, 0.25) is 5.95 Å². The topological polar surface area (TPSA) is 59.8 Å². The Hall–Kier alpha value is -2.70. The van der Waals surface area contributed by atoms with Gasteiger partial charge in [-0.25, -0.2) is 4.98 Å². The summed E-state index contributed by atoms with van der Waals surface area (Å²) in [5, 5.41) is 5.14. The normalized spacial score (nSPS) is 11.0. The standard InChI is InChI=1S/C19H15ClN4OS/c20-14-9-12-26-17(14)18(25)23-19-22-15-6-1-2-7-16(15)24(19)11-8-13-5-3-4-10-21-13/h1-7,9-10,12H,8,11H2,(H,22,23,25). The van der Waals surface area contributed by atoms with Crippen molar-refractivity contribution in [1.29, 1.82) is 0 Å². The molecule has 130 valence electrons. The molecule has 0 atom stereocenters. The number of aryl methyl sites for hydroxylation is 2. The summed E-state index contributed by atoms with van der Waals surface area (Å²) in [6, 6.07) is 15.4. The van der Waals surface area contributed by atoms with E-state index in [9.17, 15) is 4.79 Å². The maximum Gasteiger partial charge on any atom is 0.269 e. The van der Waals surface area contributed by atoms with Gasteiger partial charge in [-0.1, -0.05) is 29.8 Å². The van der Waals surface area contributed by atoms with E-state index in [2.05, 4.69) is 15.3 Å². The number of benzene rings is 1. The monoisotopic (exact) mass is 382 g/mol. The van der Waals surface area contributed by atoms with Gasteiger partial charge in [-0.2, -0.15) is 0 Å². The van der Waals surface area contributed by atoms with E-state index in [1.54, 1.807) is 17.6 Å². The van der Waals surface area contributed by atoms with E-state index < -0.39 is 0 Å². The highest BCUT2D eigenvalue weighted by molar-refractivity contribution is 7.12. The molecule has 5 nitrogen and oxygen atoms in total. The Balaban J connectivity index is 1.65. The molecule has 4 rings (SSSR count). The molecule has 0 aliphatic carbocycles. The van der Waals surface area contributed by atoms with Gasteiger partial charge in [0, 0.05) is 24.9 Å². The van der Waals surface area contributed by atoms with Gasteiger partial charge in [-0.15, -0.1) is 11.3 Å². The van der Waals surface area contributed by atoms with Crippen molar-refractivity contribution in [2.45, 2.75) is 13.0 Å². The number of hydrogen-bond donors (Lipinski definition) is 1. The number of hydrogen-bond acceptors (Lipinski definition) is 4. The molecule has 3 heterocycles. The Kier molecular flexibility index (Phi) is 4.69. The Labute approximate surface area is 159 Å². The third-order valence-corrected chi connectivity index (χ3v) is 5.36. The molecule has 0 saturated carbocycles. The van der Waals surface area contributed by atoms with E-state index in [0.29, 0.717) is 22.4 Å². The second-order valence-electron chi connectivity index (χ2n) is 5.70. The molecule has 0 aliphatic rings. The lowest BCUT2D eigenvalue weighted by atomic mass is 10.2. The van der Waals surface area contributed by atoms with Crippen molar-refractivity contribution in [2.75, 3.05) is 5.32 Å². The number of carbonyl (C=O) groups excluding carboxylic acids is 1. The Morgan fingerprint density at radius 3 is 2.77 bits per heavy atom. The van der Waals surface area contributed by atoms with Crippen molar-refractivity contribution >= 4 is 45.8 Å². The van der Waals surface area contributed by atoms with Gasteiger partial charge in [0.1, 0.15) is 4.88 Å². The predicted molar refractivity (Wildman–Crippen MR) is 105 cm³/mol. The second kappa shape index (κ2) is 7.27. The number of halogens is 1. The summed E-state index contributed by atoms with van der Waals surface area (Å²) in [5.41, 5.74) is 2.79. The maximum atomic E-state index is 12.5. The molecule has 1 amide bonds. The van der Waals surface area contributed by atoms with Crippen molar-refractivity contribution < 1.29 is 4.79 Å². The molecule has 1 N–H and O–H groups in total. The molecule has 0 radical (unpaired) electrons. The van der Waals surface area contributed by atoms with Crippen molar-refractivity contribution in [3.63, 3.8) is 0 Å². The lowest BCUT2D eigenvalue weighted by Crippen LogP contribution is -2.16. The van der Waals surface area contributed by atoms with Gasteiger partial charge >= 0.3 is 0 Å². The number of fused-ring (bicyclic) bond motifs is 1. The first-order chi connectivity index (χ1) is 12.7.